The number of nitrogens with one attached hydrogen (secondary N) is 1. The van der Waals surface area contributed by atoms with Gasteiger partial charge in [-0.25, -0.2) is 8.42 Å². The maximum Gasteiger partial charge on any atom is 0.265 e. The number of nitrogens with zero attached hydrogens (tertiary/aromatic N) is 1. The third-order valence-corrected chi connectivity index (χ3v) is 8.26. The Hall–Kier alpha value is -1.90. The summed E-state index contributed by atoms with van der Waals surface area (Å²) in [6, 6.07) is 6.51. The van der Waals surface area contributed by atoms with E-state index in [4.69, 9.17) is 4.74 Å². The first-order valence-electron chi connectivity index (χ1n) is 9.51. The maximum atomic E-state index is 12.8. The monoisotopic (exact) mass is 422 g/mol. The Balaban J connectivity index is 1.90. The van der Waals surface area contributed by atoms with Crippen LogP contribution in [0.4, 0.5) is 5.69 Å². The summed E-state index contributed by atoms with van der Waals surface area (Å²) < 4.78 is 32.3. The van der Waals surface area contributed by atoms with E-state index in [1.807, 2.05) is 6.07 Å². The smallest absolute Gasteiger partial charge is 0.265 e. The Morgan fingerprint density at radius 1 is 1.18 bits per heavy atom. The summed E-state index contributed by atoms with van der Waals surface area (Å²) in [5.41, 5.74) is 1.61. The van der Waals surface area contributed by atoms with Crippen LogP contribution in [-0.2, 0) is 22.9 Å². The molecule has 0 atom stereocenters. The number of sulfonamides is 1. The lowest BCUT2D eigenvalue weighted by molar-refractivity contribution is 0.103. The minimum Gasteiger partial charge on any atom is -0.495 e. The zero-order chi connectivity index (χ0) is 20.3. The molecular weight excluding hydrogens is 396 g/mol. The third-order valence-electron chi connectivity index (χ3n) is 4.98. The number of rotatable bonds is 7. The molecule has 0 bridgehead atoms. The molecule has 1 aliphatic rings. The number of carbonyl (C=O) groups is 1. The van der Waals surface area contributed by atoms with E-state index >= 15 is 0 Å². The average Bonchev–Trinajstić information content (AvgIpc) is 3.13. The molecule has 2 aromatic rings. The second-order valence-electron chi connectivity index (χ2n) is 6.67. The fraction of sp³-hybridized carbons (Fsp3) is 0.450. The van der Waals surface area contributed by atoms with Crippen LogP contribution in [0.3, 0.4) is 0 Å². The second kappa shape index (κ2) is 8.63. The Bertz CT molecular complexity index is 939. The first-order valence-corrected chi connectivity index (χ1v) is 11.8. The number of anilines is 1. The number of aryl methyl sites for hydroxylation is 2. The van der Waals surface area contributed by atoms with Crippen LogP contribution in [0.15, 0.2) is 29.2 Å². The largest absolute Gasteiger partial charge is 0.495 e. The molecule has 0 unspecified atom stereocenters. The number of ether oxygens (including phenoxy) is 1. The van der Waals surface area contributed by atoms with Crippen molar-refractivity contribution in [1.82, 2.24) is 4.31 Å². The lowest BCUT2D eigenvalue weighted by Gasteiger charge is -2.19. The van der Waals surface area contributed by atoms with Crippen molar-refractivity contribution in [3.8, 4) is 5.75 Å². The van der Waals surface area contributed by atoms with Crippen molar-refractivity contribution in [2.75, 3.05) is 25.5 Å². The van der Waals surface area contributed by atoms with E-state index < -0.39 is 10.0 Å². The van der Waals surface area contributed by atoms with Crippen LogP contribution in [0.25, 0.3) is 0 Å². The van der Waals surface area contributed by atoms with Crippen molar-refractivity contribution in [2.24, 2.45) is 0 Å². The normalized spacial score (nSPS) is 14.0. The van der Waals surface area contributed by atoms with Gasteiger partial charge in [0.2, 0.25) is 10.0 Å². The fourth-order valence-corrected chi connectivity index (χ4v) is 6.08. The van der Waals surface area contributed by atoms with Gasteiger partial charge in [-0.05, 0) is 55.5 Å². The molecule has 0 fully saturated rings. The minimum atomic E-state index is -3.62. The molecule has 0 saturated heterocycles. The van der Waals surface area contributed by atoms with Gasteiger partial charge >= 0.3 is 0 Å². The number of fused-ring (bicyclic) bond motifs is 1. The summed E-state index contributed by atoms with van der Waals surface area (Å²) in [7, 11) is -2.13. The van der Waals surface area contributed by atoms with Gasteiger partial charge in [-0.1, -0.05) is 13.8 Å². The van der Waals surface area contributed by atoms with Crippen LogP contribution in [0.2, 0.25) is 0 Å². The molecule has 0 aliphatic heterocycles. The van der Waals surface area contributed by atoms with Crippen LogP contribution in [-0.4, -0.2) is 38.8 Å². The molecule has 1 aromatic carbocycles. The fourth-order valence-electron chi connectivity index (χ4n) is 3.44. The summed E-state index contributed by atoms with van der Waals surface area (Å²) in [6.07, 6.45) is 4.35. The standard InChI is InChI=1S/C20H26N2O4S2/c1-4-22(5-2)28(24,25)15-10-11-17(26-3)16(13-15)21-20(23)19-12-14-8-6-7-9-18(14)27-19/h10-13H,4-9H2,1-3H3,(H,21,23). The summed E-state index contributed by atoms with van der Waals surface area (Å²) in [5, 5.41) is 2.84. The average molecular weight is 423 g/mol. The van der Waals surface area contributed by atoms with E-state index in [2.05, 4.69) is 5.32 Å². The minimum absolute atomic E-state index is 0.137. The molecule has 0 saturated carbocycles. The number of benzene rings is 1. The molecule has 152 valence electrons. The van der Waals surface area contributed by atoms with E-state index in [1.54, 1.807) is 19.9 Å². The van der Waals surface area contributed by atoms with Crippen molar-refractivity contribution in [1.29, 1.82) is 0 Å². The van der Waals surface area contributed by atoms with Crippen molar-refractivity contribution in [2.45, 2.75) is 44.4 Å². The van der Waals surface area contributed by atoms with Crippen LogP contribution >= 0.6 is 11.3 Å². The number of hydrogen-bond donors (Lipinski definition) is 1. The van der Waals surface area contributed by atoms with Gasteiger partial charge in [0.25, 0.3) is 5.91 Å². The first kappa shape index (κ1) is 20.8. The number of hydrogen-bond acceptors (Lipinski definition) is 5. The van der Waals surface area contributed by atoms with Crippen molar-refractivity contribution in [3.63, 3.8) is 0 Å². The van der Waals surface area contributed by atoms with Crippen molar-refractivity contribution >= 4 is 33.0 Å². The Morgan fingerprint density at radius 2 is 1.89 bits per heavy atom. The number of thiophene rings is 1. The van der Waals surface area contributed by atoms with Crippen LogP contribution in [0.5, 0.6) is 5.75 Å². The molecule has 8 heteroatoms. The van der Waals surface area contributed by atoms with Gasteiger partial charge in [-0.3, -0.25) is 4.79 Å². The Kier molecular flexibility index (Phi) is 6.42. The highest BCUT2D eigenvalue weighted by molar-refractivity contribution is 7.89. The zero-order valence-corrected chi connectivity index (χ0v) is 18.1. The highest BCUT2D eigenvalue weighted by Gasteiger charge is 2.24. The van der Waals surface area contributed by atoms with E-state index in [1.165, 1.54) is 45.3 Å². The molecule has 1 aliphatic carbocycles. The Labute approximate surface area is 170 Å². The number of methoxy groups -OCH3 is 1. The summed E-state index contributed by atoms with van der Waals surface area (Å²) in [5.74, 6) is 0.184. The van der Waals surface area contributed by atoms with Crippen LogP contribution < -0.4 is 10.1 Å². The summed E-state index contributed by atoms with van der Waals surface area (Å²) in [4.78, 5) is 14.9. The van der Waals surface area contributed by atoms with E-state index in [0.29, 0.717) is 29.4 Å². The Morgan fingerprint density at radius 3 is 2.54 bits per heavy atom. The molecule has 1 N–H and O–H groups in total. The highest BCUT2D eigenvalue weighted by atomic mass is 32.2. The lowest BCUT2D eigenvalue weighted by atomic mass is 9.99. The molecule has 28 heavy (non-hydrogen) atoms. The molecule has 1 aromatic heterocycles. The molecule has 6 nitrogen and oxygen atoms in total. The molecule has 0 spiro atoms. The maximum absolute atomic E-state index is 12.8. The molecule has 3 rings (SSSR count). The molecule has 1 amide bonds. The van der Waals surface area contributed by atoms with E-state index in [0.717, 1.165) is 25.7 Å². The second-order valence-corrected chi connectivity index (χ2v) is 9.75. The zero-order valence-electron chi connectivity index (χ0n) is 16.4. The van der Waals surface area contributed by atoms with E-state index in [9.17, 15) is 13.2 Å². The van der Waals surface area contributed by atoms with E-state index in [-0.39, 0.29) is 10.8 Å². The predicted octanol–water partition coefficient (Wildman–Crippen LogP) is 3.92. The van der Waals surface area contributed by atoms with Gasteiger partial charge in [0, 0.05) is 18.0 Å². The quantitative estimate of drug-likeness (QED) is 0.734. The topological polar surface area (TPSA) is 75.7 Å². The number of carbonyl (C=O) groups excluding carboxylic acids is 1. The van der Waals surface area contributed by atoms with Crippen LogP contribution in [0, 0.1) is 0 Å². The SMILES string of the molecule is CCN(CC)S(=O)(=O)c1ccc(OC)c(NC(=O)c2cc3c(s2)CCCC3)c1. The predicted molar refractivity (Wildman–Crippen MR) is 112 cm³/mol. The van der Waals surface area contributed by atoms with Gasteiger partial charge in [0.05, 0.1) is 22.6 Å². The summed E-state index contributed by atoms with van der Waals surface area (Å²) in [6.45, 7) is 4.36. The first-order chi connectivity index (χ1) is 13.4. The molecule has 0 radical (unpaired) electrons. The van der Waals surface area contributed by atoms with Gasteiger partial charge < -0.3 is 10.1 Å². The number of amides is 1. The molecular formula is C20H26N2O4S2. The third kappa shape index (κ3) is 4.09. The van der Waals surface area contributed by atoms with Crippen molar-refractivity contribution in [3.05, 3.63) is 39.6 Å². The van der Waals surface area contributed by atoms with Crippen LogP contribution in [0.1, 0.15) is 46.8 Å². The van der Waals surface area contributed by atoms with Crippen molar-refractivity contribution < 1.29 is 17.9 Å². The highest BCUT2D eigenvalue weighted by Crippen LogP contribution is 2.32. The van der Waals surface area contributed by atoms with Gasteiger partial charge in [-0.2, -0.15) is 4.31 Å². The van der Waals surface area contributed by atoms with Gasteiger partial charge in [0.1, 0.15) is 5.75 Å². The van der Waals surface area contributed by atoms with Gasteiger partial charge in [-0.15, -0.1) is 11.3 Å². The lowest BCUT2D eigenvalue weighted by Crippen LogP contribution is -2.30. The molecule has 1 heterocycles. The summed E-state index contributed by atoms with van der Waals surface area (Å²) >= 11 is 1.52. The van der Waals surface area contributed by atoms with Gasteiger partial charge in [0.15, 0.2) is 0 Å².